The molecule has 0 saturated carbocycles. The van der Waals surface area contributed by atoms with Gasteiger partial charge in [-0.05, 0) is 53.9 Å². The molecule has 0 saturated heterocycles. The van der Waals surface area contributed by atoms with E-state index in [0.29, 0.717) is 32.3 Å². The van der Waals surface area contributed by atoms with Gasteiger partial charge < -0.3 is 15.2 Å². The Morgan fingerprint density at radius 2 is 1.79 bits per heavy atom. The van der Waals surface area contributed by atoms with Crippen LogP contribution < -0.4 is 10.1 Å². The zero-order valence-corrected chi connectivity index (χ0v) is 18.4. The molecule has 0 aliphatic carbocycles. The smallest absolute Gasteiger partial charge is 0.338 e. The molecule has 7 heteroatoms. The fourth-order valence-corrected chi connectivity index (χ4v) is 4.23. The second kappa shape index (κ2) is 9.53. The zero-order valence-electron chi connectivity index (χ0n) is 16.0. The number of nitrogens with one attached hydrogen (secondary N) is 1. The van der Waals surface area contributed by atoms with Crippen molar-refractivity contribution in [3.8, 4) is 16.2 Å². The second-order valence-corrected chi connectivity index (χ2v) is 8.81. The lowest BCUT2D eigenvalue weighted by Gasteiger charge is -2.10. The van der Waals surface area contributed by atoms with Crippen LogP contribution in [0, 0.1) is 5.92 Å². The van der Waals surface area contributed by atoms with Crippen molar-refractivity contribution in [1.82, 2.24) is 0 Å². The van der Waals surface area contributed by atoms with Crippen LogP contribution in [-0.2, 0) is 6.61 Å². The van der Waals surface area contributed by atoms with Gasteiger partial charge >= 0.3 is 5.97 Å². The number of carboxylic acid groups (broad SMARTS) is 1. The van der Waals surface area contributed by atoms with Gasteiger partial charge in [-0.1, -0.05) is 43.1 Å². The summed E-state index contributed by atoms with van der Waals surface area (Å²) in [5, 5.41) is 14.5. The minimum Gasteiger partial charge on any atom is -0.489 e. The topological polar surface area (TPSA) is 58.6 Å². The average molecular weight is 450 g/mol. The zero-order chi connectivity index (χ0) is 21.0. The summed E-state index contributed by atoms with van der Waals surface area (Å²) in [7, 11) is 0. The lowest BCUT2D eigenvalue weighted by atomic mass is 10.1. The first kappa shape index (κ1) is 21.5. The molecule has 152 valence electrons. The van der Waals surface area contributed by atoms with Crippen LogP contribution in [0.15, 0.2) is 48.5 Å². The molecule has 0 bridgehead atoms. The van der Waals surface area contributed by atoms with Crippen molar-refractivity contribution in [2.75, 3.05) is 11.9 Å². The van der Waals surface area contributed by atoms with Crippen molar-refractivity contribution in [2.24, 2.45) is 5.92 Å². The van der Waals surface area contributed by atoms with Crippen molar-refractivity contribution < 1.29 is 14.6 Å². The van der Waals surface area contributed by atoms with Crippen LogP contribution in [0.2, 0.25) is 10.0 Å². The molecule has 4 nitrogen and oxygen atoms in total. The number of hydrogen-bond acceptors (Lipinski definition) is 4. The third-order valence-corrected chi connectivity index (χ3v) is 6.07. The van der Waals surface area contributed by atoms with Gasteiger partial charge in [0.1, 0.15) is 17.4 Å². The molecule has 3 aromatic rings. The summed E-state index contributed by atoms with van der Waals surface area (Å²) >= 11 is 13.8. The number of ether oxygens (including phenoxy) is 1. The molecular formula is C22H21Cl2NO3S. The predicted octanol–water partition coefficient (Wildman–Crippen LogP) is 7.07. The summed E-state index contributed by atoms with van der Waals surface area (Å²) < 4.78 is 5.80. The SMILES string of the molecule is CC(C)CNc1sc(-c2ccc(OCc3c(Cl)cccc3Cl)cc2)cc1C(=O)O. The largest absolute Gasteiger partial charge is 0.489 e. The number of anilines is 1. The molecule has 0 radical (unpaired) electrons. The molecular weight excluding hydrogens is 429 g/mol. The van der Waals surface area contributed by atoms with Gasteiger partial charge in [-0.25, -0.2) is 4.79 Å². The monoisotopic (exact) mass is 449 g/mol. The molecule has 0 aliphatic heterocycles. The highest BCUT2D eigenvalue weighted by Crippen LogP contribution is 2.36. The Balaban J connectivity index is 1.74. The van der Waals surface area contributed by atoms with Crippen molar-refractivity contribution in [3.05, 3.63) is 69.7 Å². The second-order valence-electron chi connectivity index (χ2n) is 6.95. The maximum atomic E-state index is 11.6. The van der Waals surface area contributed by atoms with Crippen molar-refractivity contribution >= 4 is 45.5 Å². The van der Waals surface area contributed by atoms with Crippen molar-refractivity contribution in [1.29, 1.82) is 0 Å². The molecule has 2 aromatic carbocycles. The van der Waals surface area contributed by atoms with Crippen LogP contribution in [0.1, 0.15) is 29.8 Å². The lowest BCUT2D eigenvalue weighted by Crippen LogP contribution is -2.09. The minimum atomic E-state index is -0.935. The average Bonchev–Trinajstić information content (AvgIpc) is 3.11. The molecule has 0 aliphatic rings. The molecule has 0 atom stereocenters. The van der Waals surface area contributed by atoms with Gasteiger partial charge in [-0.15, -0.1) is 11.3 Å². The fourth-order valence-electron chi connectivity index (χ4n) is 2.66. The molecule has 0 unspecified atom stereocenters. The molecule has 1 aromatic heterocycles. The van der Waals surface area contributed by atoms with Gasteiger partial charge in [0.15, 0.2) is 0 Å². The Morgan fingerprint density at radius 1 is 1.14 bits per heavy atom. The first-order chi connectivity index (χ1) is 13.8. The summed E-state index contributed by atoms with van der Waals surface area (Å²) in [5.41, 5.74) is 1.96. The molecule has 1 heterocycles. The highest BCUT2D eigenvalue weighted by Gasteiger charge is 2.16. The molecule has 0 amide bonds. The van der Waals surface area contributed by atoms with Gasteiger partial charge in [-0.3, -0.25) is 0 Å². The Bertz CT molecular complexity index is 980. The molecule has 2 N–H and O–H groups in total. The van der Waals surface area contributed by atoms with Crippen LogP contribution >= 0.6 is 34.5 Å². The Kier molecular flexibility index (Phi) is 7.06. The quantitative estimate of drug-likeness (QED) is 0.386. The Morgan fingerprint density at radius 3 is 2.38 bits per heavy atom. The van der Waals surface area contributed by atoms with E-state index in [9.17, 15) is 9.90 Å². The lowest BCUT2D eigenvalue weighted by molar-refractivity contribution is 0.0698. The third kappa shape index (κ3) is 5.44. The van der Waals surface area contributed by atoms with Gasteiger partial charge in [0.2, 0.25) is 0 Å². The number of rotatable bonds is 8. The van der Waals surface area contributed by atoms with E-state index in [0.717, 1.165) is 22.5 Å². The van der Waals surface area contributed by atoms with Gasteiger partial charge in [0, 0.05) is 27.0 Å². The van der Waals surface area contributed by atoms with Crippen molar-refractivity contribution in [2.45, 2.75) is 20.5 Å². The third-order valence-electron chi connectivity index (χ3n) is 4.22. The Labute approximate surface area is 184 Å². The number of carboxylic acids is 1. The summed E-state index contributed by atoms with van der Waals surface area (Å²) in [5.74, 6) is 0.165. The number of carbonyl (C=O) groups is 1. The fraction of sp³-hybridized carbons (Fsp3) is 0.227. The molecule has 29 heavy (non-hydrogen) atoms. The van der Waals surface area contributed by atoms with E-state index in [1.165, 1.54) is 11.3 Å². The highest BCUT2D eigenvalue weighted by molar-refractivity contribution is 7.19. The van der Waals surface area contributed by atoms with Crippen molar-refractivity contribution in [3.63, 3.8) is 0 Å². The van der Waals surface area contributed by atoms with E-state index in [1.54, 1.807) is 24.3 Å². The number of benzene rings is 2. The summed E-state index contributed by atoms with van der Waals surface area (Å²) in [6.45, 7) is 5.15. The van der Waals surface area contributed by atoms with Gasteiger partial charge in [0.25, 0.3) is 0 Å². The maximum Gasteiger partial charge on any atom is 0.338 e. The van der Waals surface area contributed by atoms with Crippen LogP contribution in [0.25, 0.3) is 10.4 Å². The van der Waals surface area contributed by atoms with Crippen LogP contribution in [-0.4, -0.2) is 17.6 Å². The standard InChI is InChI=1S/C22H21Cl2NO3S/c1-13(2)11-25-21-16(22(26)27)10-20(29-21)14-6-8-15(9-7-14)28-12-17-18(23)4-3-5-19(17)24/h3-10,13,25H,11-12H2,1-2H3,(H,26,27). The van der Waals surface area contributed by atoms with E-state index in [4.69, 9.17) is 27.9 Å². The van der Waals surface area contributed by atoms with E-state index in [1.807, 2.05) is 24.3 Å². The highest BCUT2D eigenvalue weighted by atomic mass is 35.5. The Hall–Kier alpha value is -2.21. The predicted molar refractivity (Wildman–Crippen MR) is 121 cm³/mol. The van der Waals surface area contributed by atoms with Gasteiger partial charge in [-0.2, -0.15) is 0 Å². The molecule has 3 rings (SSSR count). The minimum absolute atomic E-state index is 0.267. The summed E-state index contributed by atoms with van der Waals surface area (Å²) in [6, 6.07) is 14.6. The number of halogens is 2. The maximum absolute atomic E-state index is 11.6. The van der Waals surface area contributed by atoms with Gasteiger partial charge in [0.05, 0.1) is 5.56 Å². The summed E-state index contributed by atoms with van der Waals surface area (Å²) in [6.07, 6.45) is 0. The number of aromatic carboxylic acids is 1. The first-order valence-electron chi connectivity index (χ1n) is 9.12. The van der Waals surface area contributed by atoms with E-state index in [-0.39, 0.29) is 6.61 Å². The van der Waals surface area contributed by atoms with E-state index >= 15 is 0 Å². The van der Waals surface area contributed by atoms with Crippen LogP contribution in [0.5, 0.6) is 5.75 Å². The first-order valence-corrected chi connectivity index (χ1v) is 10.7. The van der Waals surface area contributed by atoms with E-state index in [2.05, 4.69) is 19.2 Å². The normalized spacial score (nSPS) is 10.9. The van der Waals surface area contributed by atoms with E-state index < -0.39 is 5.97 Å². The van der Waals surface area contributed by atoms with Crippen LogP contribution in [0.3, 0.4) is 0 Å². The number of hydrogen-bond donors (Lipinski definition) is 2. The molecule has 0 spiro atoms. The molecule has 0 fully saturated rings. The number of thiophene rings is 1. The van der Waals surface area contributed by atoms with Crippen LogP contribution in [0.4, 0.5) is 5.00 Å². The summed E-state index contributed by atoms with van der Waals surface area (Å²) in [4.78, 5) is 12.4.